The molecule has 1 aliphatic heterocycles. The molecule has 3 aromatic carbocycles. The second-order valence-electron chi connectivity index (χ2n) is 7.29. The molecule has 35 heavy (non-hydrogen) atoms. The molecule has 0 aliphatic carbocycles. The highest BCUT2D eigenvalue weighted by molar-refractivity contribution is 8.18. The summed E-state index contributed by atoms with van der Waals surface area (Å²) in [7, 11) is 1.42. The Balaban J connectivity index is 1.63. The van der Waals surface area contributed by atoms with Crippen molar-refractivity contribution in [2.24, 2.45) is 0 Å². The molecule has 6 nitrogen and oxygen atoms in total. The number of para-hydroxylation sites is 1. The van der Waals surface area contributed by atoms with Crippen molar-refractivity contribution in [3.05, 3.63) is 97.3 Å². The minimum Gasteiger partial charge on any atom is -0.493 e. The number of carbonyl (C=O) groups is 3. The molecule has 2 amide bonds. The number of halogens is 3. The van der Waals surface area contributed by atoms with Crippen molar-refractivity contribution in [1.29, 1.82) is 0 Å². The van der Waals surface area contributed by atoms with Gasteiger partial charge in [-0.25, -0.2) is 4.79 Å². The molecular weight excluding hydrogens is 533 g/mol. The quantitative estimate of drug-likeness (QED) is 0.186. The van der Waals surface area contributed by atoms with E-state index in [1.54, 1.807) is 42.5 Å². The molecule has 0 spiro atoms. The van der Waals surface area contributed by atoms with E-state index in [2.05, 4.69) is 0 Å². The minimum absolute atomic E-state index is 0.0792. The lowest BCUT2D eigenvalue weighted by Gasteiger charge is -2.13. The maximum absolute atomic E-state index is 13.0. The van der Waals surface area contributed by atoms with Crippen LogP contribution >= 0.6 is 46.6 Å². The number of carbonyl (C=O) groups excluding carboxylic acids is 3. The zero-order chi connectivity index (χ0) is 25.1. The van der Waals surface area contributed by atoms with Crippen molar-refractivity contribution in [2.45, 2.75) is 6.54 Å². The van der Waals surface area contributed by atoms with Gasteiger partial charge in [-0.1, -0.05) is 59.1 Å². The molecular formula is C25H16Cl3NO5S. The van der Waals surface area contributed by atoms with Gasteiger partial charge in [0.2, 0.25) is 0 Å². The number of imide groups is 1. The van der Waals surface area contributed by atoms with E-state index in [0.717, 1.165) is 22.2 Å². The van der Waals surface area contributed by atoms with Crippen LogP contribution in [0.5, 0.6) is 11.5 Å². The van der Waals surface area contributed by atoms with Crippen LogP contribution in [-0.2, 0) is 11.3 Å². The Morgan fingerprint density at radius 2 is 1.71 bits per heavy atom. The molecule has 1 heterocycles. The summed E-state index contributed by atoms with van der Waals surface area (Å²) in [6.07, 6.45) is 1.49. The van der Waals surface area contributed by atoms with Crippen LogP contribution in [0.2, 0.25) is 15.1 Å². The van der Waals surface area contributed by atoms with Gasteiger partial charge in [-0.15, -0.1) is 0 Å². The average molecular weight is 549 g/mol. The zero-order valence-electron chi connectivity index (χ0n) is 18.1. The standard InChI is InChI=1S/C25H16Cl3NO5S/c1-33-20-4-2-3-15(22(20)34-24(31)18-10-9-17(27)12-19(18)28)11-21-23(30)29(25(32)35-21)13-14-5-7-16(26)8-6-14/h2-12H,13H2,1H3/b21-11-. The molecule has 0 unspecified atom stereocenters. The summed E-state index contributed by atoms with van der Waals surface area (Å²) in [5.41, 5.74) is 1.24. The predicted molar refractivity (Wildman–Crippen MR) is 137 cm³/mol. The largest absolute Gasteiger partial charge is 0.493 e. The van der Waals surface area contributed by atoms with Gasteiger partial charge in [0, 0.05) is 15.6 Å². The highest BCUT2D eigenvalue weighted by Crippen LogP contribution is 2.38. The van der Waals surface area contributed by atoms with Gasteiger partial charge in [-0.3, -0.25) is 14.5 Å². The van der Waals surface area contributed by atoms with Crippen LogP contribution in [0.25, 0.3) is 6.08 Å². The van der Waals surface area contributed by atoms with E-state index in [0.29, 0.717) is 15.6 Å². The van der Waals surface area contributed by atoms with Gasteiger partial charge < -0.3 is 9.47 Å². The summed E-state index contributed by atoms with van der Waals surface area (Å²) in [4.78, 5) is 39.7. The maximum atomic E-state index is 13.0. The lowest BCUT2D eigenvalue weighted by Crippen LogP contribution is -2.27. The second-order valence-corrected chi connectivity index (χ2v) is 9.56. The lowest BCUT2D eigenvalue weighted by molar-refractivity contribution is -0.123. The number of nitrogens with zero attached hydrogens (tertiary/aromatic N) is 1. The van der Waals surface area contributed by atoms with Crippen molar-refractivity contribution in [2.75, 3.05) is 7.11 Å². The van der Waals surface area contributed by atoms with Gasteiger partial charge in [0.05, 0.1) is 29.1 Å². The Morgan fingerprint density at radius 1 is 1.00 bits per heavy atom. The third-order valence-corrected chi connectivity index (χ3v) is 6.70. The van der Waals surface area contributed by atoms with Crippen LogP contribution < -0.4 is 9.47 Å². The summed E-state index contributed by atoms with van der Waals surface area (Å²) in [6.45, 7) is 0.105. The van der Waals surface area contributed by atoms with E-state index >= 15 is 0 Å². The van der Waals surface area contributed by atoms with Gasteiger partial charge >= 0.3 is 5.97 Å². The first-order valence-corrected chi connectivity index (χ1v) is 12.1. The Bertz CT molecular complexity index is 1360. The van der Waals surface area contributed by atoms with Gasteiger partial charge in [0.25, 0.3) is 11.1 Å². The Kier molecular flexibility index (Phi) is 7.72. The fourth-order valence-corrected chi connectivity index (χ4v) is 4.71. The lowest BCUT2D eigenvalue weighted by atomic mass is 10.1. The topological polar surface area (TPSA) is 72.9 Å². The summed E-state index contributed by atoms with van der Waals surface area (Å²) in [5, 5.41) is 0.648. The number of esters is 1. The number of thioether (sulfide) groups is 1. The predicted octanol–water partition coefficient (Wildman–Crippen LogP) is 7.11. The number of hydrogen-bond acceptors (Lipinski definition) is 6. The fraction of sp³-hybridized carbons (Fsp3) is 0.0800. The van der Waals surface area contributed by atoms with Crippen LogP contribution in [0.4, 0.5) is 4.79 Å². The normalized spacial score (nSPS) is 14.5. The zero-order valence-corrected chi connectivity index (χ0v) is 21.2. The monoisotopic (exact) mass is 547 g/mol. The number of hydrogen-bond donors (Lipinski definition) is 0. The highest BCUT2D eigenvalue weighted by Gasteiger charge is 2.35. The first kappa shape index (κ1) is 25.1. The minimum atomic E-state index is -0.735. The average Bonchev–Trinajstić information content (AvgIpc) is 3.08. The van der Waals surface area contributed by atoms with Crippen LogP contribution in [0.1, 0.15) is 21.5 Å². The van der Waals surface area contributed by atoms with E-state index < -0.39 is 17.1 Å². The molecule has 1 saturated heterocycles. The van der Waals surface area contributed by atoms with Gasteiger partial charge in [0.1, 0.15) is 0 Å². The molecule has 1 aliphatic rings. The molecule has 10 heteroatoms. The number of benzene rings is 3. The molecule has 1 fully saturated rings. The number of methoxy groups -OCH3 is 1. The number of amides is 2. The van der Waals surface area contributed by atoms with Crippen molar-refractivity contribution in [3.8, 4) is 11.5 Å². The number of ether oxygens (including phenoxy) is 2. The third kappa shape index (κ3) is 5.65. The molecule has 4 rings (SSSR count). The smallest absolute Gasteiger partial charge is 0.345 e. The van der Waals surface area contributed by atoms with Crippen LogP contribution in [0.3, 0.4) is 0 Å². The van der Waals surface area contributed by atoms with E-state index in [9.17, 15) is 14.4 Å². The molecule has 3 aromatic rings. The fourth-order valence-electron chi connectivity index (χ4n) is 3.27. The van der Waals surface area contributed by atoms with Crippen molar-refractivity contribution in [1.82, 2.24) is 4.90 Å². The van der Waals surface area contributed by atoms with Crippen molar-refractivity contribution < 1.29 is 23.9 Å². The van der Waals surface area contributed by atoms with Crippen LogP contribution in [0, 0.1) is 0 Å². The molecule has 0 bridgehead atoms. The van der Waals surface area contributed by atoms with Crippen LogP contribution in [-0.4, -0.2) is 29.1 Å². The molecule has 0 N–H and O–H groups in total. The first-order valence-electron chi connectivity index (χ1n) is 10.1. The molecule has 178 valence electrons. The van der Waals surface area contributed by atoms with Gasteiger partial charge in [-0.05, 0) is 59.8 Å². The van der Waals surface area contributed by atoms with Gasteiger partial charge in [-0.2, -0.15) is 0 Å². The Morgan fingerprint density at radius 3 is 2.40 bits per heavy atom. The van der Waals surface area contributed by atoms with Crippen molar-refractivity contribution in [3.63, 3.8) is 0 Å². The Hall–Kier alpha value is -2.97. The van der Waals surface area contributed by atoms with Crippen molar-refractivity contribution >= 4 is 69.8 Å². The molecule has 0 atom stereocenters. The summed E-state index contributed by atoms with van der Waals surface area (Å²) in [5.74, 6) is -0.856. The van der Waals surface area contributed by atoms with E-state index in [1.807, 2.05) is 0 Å². The number of rotatable bonds is 6. The second kappa shape index (κ2) is 10.7. The summed E-state index contributed by atoms with van der Waals surface area (Å²) in [6, 6.07) is 16.2. The van der Waals surface area contributed by atoms with E-state index in [-0.39, 0.29) is 33.5 Å². The summed E-state index contributed by atoms with van der Waals surface area (Å²) >= 11 is 18.8. The van der Waals surface area contributed by atoms with Gasteiger partial charge in [0.15, 0.2) is 11.5 Å². The molecule has 0 saturated carbocycles. The SMILES string of the molecule is COc1cccc(/C=C2\SC(=O)N(Cc3ccc(Cl)cc3)C2=O)c1OC(=O)c1ccc(Cl)cc1Cl. The molecule has 0 radical (unpaired) electrons. The molecule has 0 aromatic heterocycles. The van der Waals surface area contributed by atoms with E-state index in [1.165, 1.54) is 31.4 Å². The first-order chi connectivity index (χ1) is 16.8. The highest BCUT2D eigenvalue weighted by atomic mass is 35.5. The van der Waals surface area contributed by atoms with Crippen LogP contribution in [0.15, 0.2) is 65.6 Å². The summed E-state index contributed by atoms with van der Waals surface area (Å²) < 4.78 is 11.0. The third-order valence-electron chi connectivity index (χ3n) is 4.99. The van der Waals surface area contributed by atoms with E-state index in [4.69, 9.17) is 44.3 Å². The Labute approximate surface area is 220 Å². The maximum Gasteiger partial charge on any atom is 0.345 e.